The molecule has 74 valence electrons. The zero-order valence-electron chi connectivity index (χ0n) is 8.42. The van der Waals surface area contributed by atoms with Gasteiger partial charge in [-0.25, -0.2) is 0 Å². The fourth-order valence-corrected chi connectivity index (χ4v) is 3.12. The quantitative estimate of drug-likeness (QED) is 0.770. The molecule has 0 aromatic heterocycles. The van der Waals surface area contributed by atoms with Crippen molar-refractivity contribution in [1.82, 2.24) is 0 Å². The minimum absolute atomic E-state index is 0.194. The van der Waals surface area contributed by atoms with Crippen LogP contribution in [0.2, 0.25) is 0 Å². The molecule has 3 aliphatic rings. The molecule has 0 unspecified atom stereocenters. The Bertz CT molecular complexity index is 349. The molecule has 3 saturated carbocycles. The van der Waals surface area contributed by atoms with Gasteiger partial charge in [0.2, 0.25) is 0 Å². The van der Waals surface area contributed by atoms with Crippen LogP contribution in [0.4, 0.5) is 0 Å². The number of nitrogens with two attached hydrogens (primary N) is 1. The van der Waals surface area contributed by atoms with Gasteiger partial charge in [0.05, 0.1) is 7.11 Å². The van der Waals surface area contributed by atoms with Crippen LogP contribution in [0, 0.1) is 0 Å². The summed E-state index contributed by atoms with van der Waals surface area (Å²) >= 11 is 0. The summed E-state index contributed by atoms with van der Waals surface area (Å²) in [6.45, 7) is 0. The lowest BCUT2D eigenvalue weighted by Crippen LogP contribution is -2.74. The van der Waals surface area contributed by atoms with Gasteiger partial charge in [-0.3, -0.25) is 0 Å². The van der Waals surface area contributed by atoms with Crippen molar-refractivity contribution >= 4 is 0 Å². The molecule has 2 heteroatoms. The minimum atomic E-state index is 0.194. The number of hydrogen-bond acceptors (Lipinski definition) is 2. The molecule has 0 heterocycles. The van der Waals surface area contributed by atoms with Crippen molar-refractivity contribution in [3.05, 3.63) is 29.8 Å². The second-order valence-corrected chi connectivity index (χ2v) is 4.90. The number of ether oxygens (including phenoxy) is 1. The molecule has 0 amide bonds. The van der Waals surface area contributed by atoms with E-state index in [9.17, 15) is 0 Å². The van der Waals surface area contributed by atoms with E-state index in [-0.39, 0.29) is 5.54 Å². The maximum absolute atomic E-state index is 6.04. The average Bonchev–Trinajstić information content (AvgIpc) is 2.12. The lowest BCUT2D eigenvalue weighted by atomic mass is 9.38. The van der Waals surface area contributed by atoms with Gasteiger partial charge >= 0.3 is 0 Å². The third-order valence-electron chi connectivity index (χ3n) is 3.77. The van der Waals surface area contributed by atoms with Crippen LogP contribution in [0.5, 0.6) is 5.75 Å². The van der Waals surface area contributed by atoms with Crippen LogP contribution in [0.15, 0.2) is 24.3 Å². The second-order valence-electron chi connectivity index (χ2n) is 4.90. The van der Waals surface area contributed by atoms with E-state index in [0.29, 0.717) is 5.41 Å². The molecule has 0 saturated heterocycles. The SMILES string of the molecule is COc1ccc(C23CC(N)(C2)C3)cc1. The smallest absolute Gasteiger partial charge is 0.118 e. The van der Waals surface area contributed by atoms with Gasteiger partial charge < -0.3 is 10.5 Å². The first-order valence-electron chi connectivity index (χ1n) is 5.09. The van der Waals surface area contributed by atoms with Crippen molar-refractivity contribution in [2.75, 3.05) is 7.11 Å². The fourth-order valence-electron chi connectivity index (χ4n) is 3.12. The molecule has 2 bridgehead atoms. The van der Waals surface area contributed by atoms with Gasteiger partial charge in [-0.15, -0.1) is 0 Å². The third-order valence-corrected chi connectivity index (χ3v) is 3.77. The molecular weight excluding hydrogens is 174 g/mol. The molecule has 2 nitrogen and oxygen atoms in total. The highest BCUT2D eigenvalue weighted by atomic mass is 16.5. The van der Waals surface area contributed by atoms with Crippen molar-refractivity contribution in [2.24, 2.45) is 5.73 Å². The second kappa shape index (κ2) is 2.31. The third kappa shape index (κ3) is 0.894. The summed E-state index contributed by atoms with van der Waals surface area (Å²) in [4.78, 5) is 0. The Kier molecular flexibility index (Phi) is 1.37. The lowest BCUT2D eigenvalue weighted by Gasteiger charge is -2.69. The van der Waals surface area contributed by atoms with E-state index >= 15 is 0 Å². The molecule has 3 aliphatic carbocycles. The Morgan fingerprint density at radius 2 is 1.71 bits per heavy atom. The van der Waals surface area contributed by atoms with Gasteiger partial charge in [0.1, 0.15) is 5.75 Å². The Balaban J connectivity index is 1.85. The van der Waals surface area contributed by atoms with E-state index in [4.69, 9.17) is 10.5 Å². The first-order chi connectivity index (χ1) is 6.66. The highest BCUT2D eigenvalue weighted by molar-refractivity contribution is 5.43. The van der Waals surface area contributed by atoms with Gasteiger partial charge in [-0.05, 0) is 37.0 Å². The van der Waals surface area contributed by atoms with Crippen LogP contribution >= 0.6 is 0 Å². The van der Waals surface area contributed by atoms with Crippen LogP contribution in [0.1, 0.15) is 24.8 Å². The summed E-state index contributed by atoms with van der Waals surface area (Å²) < 4.78 is 5.14. The summed E-state index contributed by atoms with van der Waals surface area (Å²) in [6.07, 6.45) is 3.52. The van der Waals surface area contributed by atoms with E-state index in [1.807, 2.05) is 12.1 Å². The number of methoxy groups -OCH3 is 1. The maximum Gasteiger partial charge on any atom is 0.118 e. The Morgan fingerprint density at radius 3 is 2.14 bits per heavy atom. The van der Waals surface area contributed by atoms with Crippen molar-refractivity contribution in [2.45, 2.75) is 30.2 Å². The molecule has 14 heavy (non-hydrogen) atoms. The molecule has 3 fully saturated rings. The predicted molar refractivity (Wildman–Crippen MR) is 55.4 cm³/mol. The zero-order chi connectivity index (χ0) is 9.81. The molecule has 1 aromatic carbocycles. The van der Waals surface area contributed by atoms with E-state index in [1.54, 1.807) is 7.11 Å². The molecule has 2 N–H and O–H groups in total. The first kappa shape index (κ1) is 8.30. The topological polar surface area (TPSA) is 35.2 Å². The first-order valence-corrected chi connectivity index (χ1v) is 5.09. The van der Waals surface area contributed by atoms with E-state index < -0.39 is 0 Å². The number of benzene rings is 1. The van der Waals surface area contributed by atoms with Gasteiger partial charge in [0.15, 0.2) is 0 Å². The monoisotopic (exact) mass is 189 g/mol. The van der Waals surface area contributed by atoms with Crippen molar-refractivity contribution < 1.29 is 4.74 Å². The molecule has 1 aromatic rings. The van der Waals surface area contributed by atoms with Gasteiger partial charge in [0.25, 0.3) is 0 Å². The Morgan fingerprint density at radius 1 is 1.14 bits per heavy atom. The Hall–Kier alpha value is -1.02. The summed E-state index contributed by atoms with van der Waals surface area (Å²) in [5.41, 5.74) is 8.10. The van der Waals surface area contributed by atoms with E-state index in [0.717, 1.165) is 5.75 Å². The normalized spacial score (nSPS) is 38.4. The summed E-state index contributed by atoms with van der Waals surface area (Å²) in [5, 5.41) is 0. The molecule has 0 radical (unpaired) electrons. The number of rotatable bonds is 2. The largest absolute Gasteiger partial charge is 0.497 e. The standard InChI is InChI=1S/C12H15NO/c1-14-10-4-2-9(3-5-10)11-6-12(13,7-11)8-11/h2-5H,6-8,13H2,1H3. The molecular formula is C12H15NO. The van der Waals surface area contributed by atoms with Crippen LogP contribution < -0.4 is 10.5 Å². The van der Waals surface area contributed by atoms with Crippen LogP contribution in [0.3, 0.4) is 0 Å². The summed E-state index contributed by atoms with van der Waals surface area (Å²) in [5.74, 6) is 0.933. The van der Waals surface area contributed by atoms with Gasteiger partial charge in [0, 0.05) is 11.0 Å². The van der Waals surface area contributed by atoms with Crippen LogP contribution in [0.25, 0.3) is 0 Å². The van der Waals surface area contributed by atoms with E-state index in [1.165, 1.54) is 24.8 Å². The highest BCUT2D eigenvalue weighted by Gasteiger charge is 2.66. The fraction of sp³-hybridized carbons (Fsp3) is 0.500. The van der Waals surface area contributed by atoms with Crippen molar-refractivity contribution in [3.63, 3.8) is 0 Å². The summed E-state index contributed by atoms with van der Waals surface area (Å²) in [6, 6.07) is 8.44. The van der Waals surface area contributed by atoms with Gasteiger partial charge in [-0.1, -0.05) is 12.1 Å². The summed E-state index contributed by atoms with van der Waals surface area (Å²) in [7, 11) is 1.70. The zero-order valence-corrected chi connectivity index (χ0v) is 8.42. The van der Waals surface area contributed by atoms with Crippen LogP contribution in [-0.4, -0.2) is 12.6 Å². The minimum Gasteiger partial charge on any atom is -0.497 e. The lowest BCUT2D eigenvalue weighted by molar-refractivity contribution is -0.0590. The molecule has 0 aliphatic heterocycles. The average molecular weight is 189 g/mol. The van der Waals surface area contributed by atoms with Crippen molar-refractivity contribution in [3.8, 4) is 5.75 Å². The highest BCUT2D eigenvalue weighted by Crippen LogP contribution is 2.66. The molecule has 0 spiro atoms. The van der Waals surface area contributed by atoms with Gasteiger partial charge in [-0.2, -0.15) is 0 Å². The molecule has 4 rings (SSSR count). The van der Waals surface area contributed by atoms with E-state index in [2.05, 4.69) is 12.1 Å². The Labute approximate surface area is 84.1 Å². The number of hydrogen-bond donors (Lipinski definition) is 1. The maximum atomic E-state index is 6.04. The van der Waals surface area contributed by atoms with Crippen molar-refractivity contribution in [1.29, 1.82) is 0 Å². The predicted octanol–water partition coefficient (Wildman–Crippen LogP) is 1.83. The van der Waals surface area contributed by atoms with Crippen LogP contribution in [-0.2, 0) is 5.41 Å². The molecule has 0 atom stereocenters.